The molecule has 1 heterocycles. The Kier molecular flexibility index (Phi) is 6.24. The van der Waals surface area contributed by atoms with Crippen LogP contribution in [0.4, 0.5) is 10.1 Å². The molecule has 1 aromatic heterocycles. The van der Waals surface area contributed by atoms with Gasteiger partial charge >= 0.3 is 0 Å². The lowest BCUT2D eigenvalue weighted by molar-refractivity contribution is -0.118. The summed E-state index contributed by atoms with van der Waals surface area (Å²) >= 11 is 5.84. The number of ether oxygens (including phenoxy) is 1. The van der Waals surface area contributed by atoms with Crippen molar-refractivity contribution >= 4 is 23.2 Å². The molecular weight excluding hydrogens is 415 g/mol. The minimum atomic E-state index is -0.289. The molecule has 4 rings (SSSR count). The summed E-state index contributed by atoms with van der Waals surface area (Å²) in [7, 11) is 0. The SMILES string of the molecule is O=C(COc1ccc(Cl)cc1)Nc1cccc(-c2cccc(-c3ccc(F)cc3)n2)c1. The molecule has 0 saturated heterocycles. The molecule has 0 bridgehead atoms. The van der Waals surface area contributed by atoms with Crippen molar-refractivity contribution in [3.05, 3.63) is 102 Å². The molecule has 4 aromatic rings. The number of benzene rings is 3. The Hall–Kier alpha value is -3.70. The molecule has 1 N–H and O–H groups in total. The van der Waals surface area contributed by atoms with E-state index in [0.29, 0.717) is 16.5 Å². The van der Waals surface area contributed by atoms with E-state index in [2.05, 4.69) is 10.3 Å². The van der Waals surface area contributed by atoms with Crippen LogP contribution in [0.2, 0.25) is 5.02 Å². The van der Waals surface area contributed by atoms with Gasteiger partial charge in [0, 0.05) is 21.8 Å². The average molecular weight is 433 g/mol. The first-order chi connectivity index (χ1) is 15.1. The number of anilines is 1. The Morgan fingerprint density at radius 1 is 0.871 bits per heavy atom. The van der Waals surface area contributed by atoms with Crippen LogP contribution in [0.1, 0.15) is 0 Å². The van der Waals surface area contributed by atoms with Gasteiger partial charge in [0.25, 0.3) is 5.91 Å². The Bertz CT molecular complexity index is 1190. The second-order valence-electron chi connectivity index (χ2n) is 6.79. The van der Waals surface area contributed by atoms with Gasteiger partial charge in [-0.25, -0.2) is 9.37 Å². The fraction of sp³-hybridized carbons (Fsp3) is 0.0400. The zero-order chi connectivity index (χ0) is 21.6. The van der Waals surface area contributed by atoms with Gasteiger partial charge in [-0.2, -0.15) is 0 Å². The summed E-state index contributed by atoms with van der Waals surface area (Å²) < 4.78 is 18.7. The maximum absolute atomic E-state index is 13.2. The molecule has 0 unspecified atom stereocenters. The van der Waals surface area contributed by atoms with Crippen molar-refractivity contribution in [2.24, 2.45) is 0 Å². The summed E-state index contributed by atoms with van der Waals surface area (Å²) in [5.41, 5.74) is 3.79. The lowest BCUT2D eigenvalue weighted by Crippen LogP contribution is -2.20. The van der Waals surface area contributed by atoms with Gasteiger partial charge in [-0.1, -0.05) is 29.8 Å². The van der Waals surface area contributed by atoms with Crippen molar-refractivity contribution in [1.29, 1.82) is 0 Å². The largest absolute Gasteiger partial charge is 0.484 e. The molecule has 0 radical (unpaired) electrons. The number of aromatic nitrogens is 1. The molecule has 0 aliphatic heterocycles. The van der Waals surface area contributed by atoms with Gasteiger partial charge in [-0.15, -0.1) is 0 Å². The van der Waals surface area contributed by atoms with Crippen LogP contribution in [0.5, 0.6) is 5.75 Å². The molecule has 4 nitrogen and oxygen atoms in total. The van der Waals surface area contributed by atoms with Gasteiger partial charge in [-0.05, 0) is 72.8 Å². The van der Waals surface area contributed by atoms with Gasteiger partial charge in [0.05, 0.1) is 11.4 Å². The van der Waals surface area contributed by atoms with Crippen LogP contribution < -0.4 is 10.1 Å². The predicted molar refractivity (Wildman–Crippen MR) is 121 cm³/mol. The van der Waals surface area contributed by atoms with Gasteiger partial charge in [0.15, 0.2) is 6.61 Å². The molecule has 6 heteroatoms. The molecule has 3 aromatic carbocycles. The van der Waals surface area contributed by atoms with E-state index in [-0.39, 0.29) is 18.3 Å². The van der Waals surface area contributed by atoms with E-state index >= 15 is 0 Å². The summed E-state index contributed by atoms with van der Waals surface area (Å²) in [6.07, 6.45) is 0. The molecule has 0 saturated carbocycles. The molecule has 1 amide bonds. The first kappa shape index (κ1) is 20.6. The number of carbonyl (C=O) groups is 1. The Balaban J connectivity index is 1.45. The first-order valence-electron chi connectivity index (χ1n) is 9.58. The van der Waals surface area contributed by atoms with Crippen molar-refractivity contribution in [1.82, 2.24) is 4.98 Å². The molecule has 0 spiro atoms. The number of rotatable bonds is 6. The van der Waals surface area contributed by atoms with Crippen LogP contribution in [0, 0.1) is 5.82 Å². The van der Waals surface area contributed by atoms with E-state index in [1.807, 2.05) is 36.4 Å². The third-order valence-electron chi connectivity index (χ3n) is 4.51. The van der Waals surface area contributed by atoms with Crippen LogP contribution in [-0.2, 0) is 4.79 Å². The van der Waals surface area contributed by atoms with E-state index in [4.69, 9.17) is 16.3 Å². The number of carbonyl (C=O) groups excluding carboxylic acids is 1. The minimum Gasteiger partial charge on any atom is -0.484 e. The maximum Gasteiger partial charge on any atom is 0.262 e. The van der Waals surface area contributed by atoms with E-state index in [0.717, 1.165) is 22.5 Å². The molecule has 0 aliphatic carbocycles. The molecule has 0 aliphatic rings. The van der Waals surface area contributed by atoms with E-state index < -0.39 is 0 Å². The highest BCUT2D eigenvalue weighted by molar-refractivity contribution is 6.30. The van der Waals surface area contributed by atoms with E-state index in [1.165, 1.54) is 12.1 Å². The summed E-state index contributed by atoms with van der Waals surface area (Å²) in [5.74, 6) is -0.00128. The van der Waals surface area contributed by atoms with E-state index in [9.17, 15) is 9.18 Å². The number of nitrogens with one attached hydrogen (secondary N) is 1. The number of pyridine rings is 1. The molecule has 31 heavy (non-hydrogen) atoms. The number of halogens is 2. The summed E-state index contributed by atoms with van der Waals surface area (Å²) in [4.78, 5) is 16.9. The first-order valence-corrected chi connectivity index (χ1v) is 9.96. The Morgan fingerprint density at radius 3 is 2.29 bits per heavy atom. The molecule has 154 valence electrons. The smallest absolute Gasteiger partial charge is 0.262 e. The van der Waals surface area contributed by atoms with Crippen LogP contribution >= 0.6 is 11.6 Å². The lowest BCUT2D eigenvalue weighted by atomic mass is 10.1. The van der Waals surface area contributed by atoms with Crippen LogP contribution in [0.15, 0.2) is 91.0 Å². The van der Waals surface area contributed by atoms with Gasteiger partial charge in [-0.3, -0.25) is 4.79 Å². The monoisotopic (exact) mass is 432 g/mol. The van der Waals surface area contributed by atoms with Crippen molar-refractivity contribution in [3.63, 3.8) is 0 Å². The van der Waals surface area contributed by atoms with Crippen LogP contribution in [-0.4, -0.2) is 17.5 Å². The third-order valence-corrected chi connectivity index (χ3v) is 4.77. The quantitative estimate of drug-likeness (QED) is 0.393. The van der Waals surface area contributed by atoms with Crippen molar-refractivity contribution in [3.8, 4) is 28.3 Å². The zero-order valence-corrected chi connectivity index (χ0v) is 17.1. The molecule has 0 fully saturated rings. The average Bonchev–Trinajstić information content (AvgIpc) is 2.79. The summed E-state index contributed by atoms with van der Waals surface area (Å²) in [6.45, 7) is -0.121. The van der Waals surface area contributed by atoms with Crippen molar-refractivity contribution in [2.75, 3.05) is 11.9 Å². The summed E-state index contributed by atoms with van der Waals surface area (Å²) in [6, 6.07) is 26.1. The number of hydrogen-bond acceptors (Lipinski definition) is 3. The summed E-state index contributed by atoms with van der Waals surface area (Å²) in [5, 5.41) is 3.43. The fourth-order valence-corrected chi connectivity index (χ4v) is 3.14. The van der Waals surface area contributed by atoms with Crippen molar-refractivity contribution in [2.45, 2.75) is 0 Å². The highest BCUT2D eigenvalue weighted by Gasteiger charge is 2.07. The van der Waals surface area contributed by atoms with E-state index in [1.54, 1.807) is 42.5 Å². The van der Waals surface area contributed by atoms with Gasteiger partial charge in [0.2, 0.25) is 0 Å². The number of hydrogen-bond donors (Lipinski definition) is 1. The zero-order valence-electron chi connectivity index (χ0n) is 16.4. The third kappa shape index (κ3) is 5.47. The normalized spacial score (nSPS) is 10.5. The fourth-order valence-electron chi connectivity index (χ4n) is 3.01. The van der Waals surface area contributed by atoms with Crippen molar-refractivity contribution < 1.29 is 13.9 Å². The highest BCUT2D eigenvalue weighted by atomic mass is 35.5. The maximum atomic E-state index is 13.2. The second kappa shape index (κ2) is 9.41. The topological polar surface area (TPSA) is 51.2 Å². The molecular formula is C25H18ClFN2O2. The van der Waals surface area contributed by atoms with Gasteiger partial charge < -0.3 is 10.1 Å². The standard InChI is InChI=1S/C25H18ClFN2O2/c26-19-9-13-22(14-10-19)31-16-25(30)28-21-4-1-3-18(15-21)24-6-2-5-23(29-24)17-7-11-20(27)12-8-17/h1-15H,16H2,(H,28,30). The Labute approximate surface area is 184 Å². The van der Waals surface area contributed by atoms with Gasteiger partial charge in [0.1, 0.15) is 11.6 Å². The minimum absolute atomic E-state index is 0.121. The Morgan fingerprint density at radius 2 is 1.55 bits per heavy atom. The van der Waals surface area contributed by atoms with Crippen LogP contribution in [0.25, 0.3) is 22.5 Å². The predicted octanol–water partition coefficient (Wildman–Crippen LogP) is 6.23. The molecule has 0 atom stereocenters. The second-order valence-corrected chi connectivity index (χ2v) is 7.22. The number of amides is 1. The number of nitrogens with zero attached hydrogens (tertiary/aromatic N) is 1. The van der Waals surface area contributed by atoms with Crippen LogP contribution in [0.3, 0.4) is 0 Å². The highest BCUT2D eigenvalue weighted by Crippen LogP contribution is 2.25. The lowest BCUT2D eigenvalue weighted by Gasteiger charge is -2.10.